The van der Waals surface area contributed by atoms with Gasteiger partial charge in [-0.25, -0.2) is 0 Å². The Morgan fingerprint density at radius 2 is 1.60 bits per heavy atom. The molecule has 0 N–H and O–H groups in total. The molecule has 5 rings (SSSR count). The summed E-state index contributed by atoms with van der Waals surface area (Å²) in [5, 5.41) is 0.241. The fourth-order valence-corrected chi connectivity index (χ4v) is 12.9. The molecule has 0 aromatic heterocycles. The topological polar surface area (TPSA) is 35.5 Å². The first-order chi connectivity index (χ1) is 18.3. The van der Waals surface area contributed by atoms with Gasteiger partial charge in [0.1, 0.15) is 0 Å². The first kappa shape index (κ1) is 30.8. The summed E-state index contributed by atoms with van der Waals surface area (Å²) < 4.78 is 12.7. The van der Waals surface area contributed by atoms with Crippen molar-refractivity contribution in [3.05, 3.63) is 11.6 Å². The minimum Gasteiger partial charge on any atom is -0.469 e. The van der Waals surface area contributed by atoms with Gasteiger partial charge in [-0.15, -0.1) is 0 Å². The molecule has 0 bridgehead atoms. The third-order valence-electron chi connectivity index (χ3n) is 15.1. The Kier molecular flexibility index (Phi) is 7.28. The summed E-state index contributed by atoms with van der Waals surface area (Å²) in [6.07, 6.45) is 14.8. The van der Waals surface area contributed by atoms with Crippen LogP contribution in [0.3, 0.4) is 0 Å². The van der Waals surface area contributed by atoms with Crippen molar-refractivity contribution in [1.82, 2.24) is 0 Å². The monoisotopic (exact) mass is 570 g/mol. The maximum Gasteiger partial charge on any atom is 0.312 e. The molecule has 0 aromatic rings. The van der Waals surface area contributed by atoms with E-state index in [0.717, 1.165) is 32.1 Å². The van der Waals surface area contributed by atoms with Crippen LogP contribution in [0.4, 0.5) is 0 Å². The molecule has 0 spiro atoms. The Hall–Kier alpha value is -0.613. The molecule has 3 unspecified atom stereocenters. The molecule has 4 fully saturated rings. The number of hydrogen-bond acceptors (Lipinski definition) is 3. The lowest BCUT2D eigenvalue weighted by Gasteiger charge is -2.71. The molecule has 228 valence electrons. The quantitative estimate of drug-likeness (QED) is 0.192. The smallest absolute Gasteiger partial charge is 0.312 e. The zero-order valence-electron chi connectivity index (χ0n) is 28.3. The third-order valence-corrected chi connectivity index (χ3v) is 19.6. The number of esters is 1. The highest BCUT2D eigenvalue weighted by molar-refractivity contribution is 6.74. The highest BCUT2D eigenvalue weighted by atomic mass is 28.4. The van der Waals surface area contributed by atoms with Crippen molar-refractivity contribution in [1.29, 1.82) is 0 Å². The molecule has 5 aliphatic carbocycles. The Morgan fingerprint density at radius 3 is 2.23 bits per heavy atom. The average molecular weight is 571 g/mol. The van der Waals surface area contributed by atoms with Gasteiger partial charge in [-0.05, 0) is 128 Å². The number of ether oxygens (including phenoxy) is 1. The van der Waals surface area contributed by atoms with Crippen LogP contribution in [0.15, 0.2) is 11.6 Å². The standard InChI is InChI=1S/C36H62O3Si/c1-24-15-20-36(30(37)38-10)22-21-34(8)25(26(36)23-24)13-14-28-33(7)18-17-29(39-40(11,12)31(2,3)4)32(5,6)27(33)16-19-35(28,34)9/h13,24,26-29H,14-23H2,1-12H3/t24-,26-,27?,28?,29?,33-,34-,35+,36-/m0/s1. The molecule has 4 saturated carbocycles. The fraction of sp³-hybridized carbons (Fsp3) is 0.917. The Bertz CT molecular complexity index is 1050. The van der Waals surface area contributed by atoms with Crippen molar-refractivity contribution in [2.24, 2.45) is 50.7 Å². The summed E-state index contributed by atoms with van der Waals surface area (Å²) in [4.78, 5) is 13.4. The lowest BCUT2D eigenvalue weighted by molar-refractivity contribution is -0.203. The molecular formula is C36H62O3Si. The van der Waals surface area contributed by atoms with Gasteiger partial charge in [0.05, 0.1) is 18.6 Å². The maximum atomic E-state index is 13.4. The zero-order valence-corrected chi connectivity index (χ0v) is 29.3. The van der Waals surface area contributed by atoms with Crippen LogP contribution >= 0.6 is 0 Å². The molecule has 4 heteroatoms. The molecule has 9 atom stereocenters. The van der Waals surface area contributed by atoms with Crippen molar-refractivity contribution >= 4 is 14.3 Å². The lowest BCUT2D eigenvalue weighted by atomic mass is 9.34. The fourth-order valence-electron chi connectivity index (χ4n) is 11.4. The molecule has 0 aromatic carbocycles. The van der Waals surface area contributed by atoms with Gasteiger partial charge < -0.3 is 9.16 Å². The summed E-state index contributed by atoms with van der Waals surface area (Å²) in [5.74, 6) is 2.48. The Labute approximate surface area is 248 Å². The number of fused-ring (bicyclic) bond motifs is 7. The summed E-state index contributed by atoms with van der Waals surface area (Å²) in [6.45, 7) is 27.5. The van der Waals surface area contributed by atoms with Gasteiger partial charge in [0.25, 0.3) is 0 Å². The van der Waals surface area contributed by atoms with Crippen molar-refractivity contribution in [3.63, 3.8) is 0 Å². The first-order valence-electron chi connectivity index (χ1n) is 16.8. The van der Waals surface area contributed by atoms with E-state index in [2.05, 4.69) is 81.5 Å². The van der Waals surface area contributed by atoms with Crippen LogP contribution in [-0.4, -0.2) is 27.5 Å². The molecule has 0 radical (unpaired) electrons. The van der Waals surface area contributed by atoms with Gasteiger partial charge in [0.15, 0.2) is 8.32 Å². The molecular weight excluding hydrogens is 508 g/mol. The molecule has 0 amide bonds. The van der Waals surface area contributed by atoms with Crippen molar-refractivity contribution in [2.45, 2.75) is 151 Å². The van der Waals surface area contributed by atoms with Crippen molar-refractivity contribution in [3.8, 4) is 0 Å². The van der Waals surface area contributed by atoms with Gasteiger partial charge in [-0.2, -0.15) is 0 Å². The molecule has 40 heavy (non-hydrogen) atoms. The second-order valence-electron chi connectivity index (χ2n) is 18.1. The first-order valence-corrected chi connectivity index (χ1v) is 19.7. The molecule has 0 saturated heterocycles. The van der Waals surface area contributed by atoms with Gasteiger partial charge >= 0.3 is 5.97 Å². The molecule has 5 aliphatic rings. The maximum absolute atomic E-state index is 13.4. The van der Waals surface area contributed by atoms with Crippen LogP contribution in [0.5, 0.6) is 0 Å². The number of carbonyl (C=O) groups excluding carboxylic acids is 1. The SMILES string of the molecule is COC(=O)[C@]12CC[C@H](C)C[C@H]1C1=CCC3[C@@]4(C)CCC(O[Si](C)(C)C(C)(C)C)C(C)(C)C4CC[C@@]3(C)[C@@]1(C)CC2. The highest BCUT2D eigenvalue weighted by Crippen LogP contribution is 2.75. The van der Waals surface area contributed by atoms with Crippen molar-refractivity contribution < 1.29 is 14.0 Å². The van der Waals surface area contributed by atoms with E-state index in [1.807, 2.05) is 0 Å². The van der Waals surface area contributed by atoms with Crippen LogP contribution in [-0.2, 0) is 14.0 Å². The van der Waals surface area contributed by atoms with E-state index in [-0.39, 0.29) is 32.7 Å². The number of rotatable bonds is 3. The van der Waals surface area contributed by atoms with E-state index < -0.39 is 8.32 Å². The van der Waals surface area contributed by atoms with E-state index in [1.165, 1.54) is 32.1 Å². The number of methoxy groups -OCH3 is 1. The van der Waals surface area contributed by atoms with E-state index in [9.17, 15) is 4.79 Å². The van der Waals surface area contributed by atoms with Gasteiger partial charge in [-0.1, -0.05) is 74.0 Å². The number of carbonyl (C=O) groups is 1. The van der Waals surface area contributed by atoms with Gasteiger partial charge in [0.2, 0.25) is 0 Å². The minimum absolute atomic E-state index is 0.0668. The molecule has 3 nitrogen and oxygen atoms in total. The van der Waals surface area contributed by atoms with Crippen LogP contribution in [0.25, 0.3) is 0 Å². The highest BCUT2D eigenvalue weighted by Gasteiger charge is 2.69. The van der Waals surface area contributed by atoms with E-state index in [4.69, 9.17) is 9.16 Å². The average Bonchev–Trinajstić information content (AvgIpc) is 2.85. The summed E-state index contributed by atoms with van der Waals surface area (Å²) in [7, 11) is -0.223. The van der Waals surface area contributed by atoms with Crippen LogP contribution in [0, 0.1) is 50.7 Å². The third kappa shape index (κ3) is 4.06. The van der Waals surface area contributed by atoms with Crippen LogP contribution < -0.4 is 0 Å². The van der Waals surface area contributed by atoms with E-state index >= 15 is 0 Å². The summed E-state index contributed by atoms with van der Waals surface area (Å²) in [5.41, 5.74) is 2.30. The predicted molar refractivity (Wildman–Crippen MR) is 169 cm³/mol. The van der Waals surface area contributed by atoms with Crippen molar-refractivity contribution in [2.75, 3.05) is 7.11 Å². The molecule has 0 heterocycles. The van der Waals surface area contributed by atoms with Crippen LogP contribution in [0.2, 0.25) is 18.1 Å². The van der Waals surface area contributed by atoms with Crippen LogP contribution in [0.1, 0.15) is 127 Å². The molecule has 0 aliphatic heterocycles. The minimum atomic E-state index is -1.84. The Balaban J connectivity index is 1.50. The zero-order chi connectivity index (χ0) is 29.7. The normalized spacial score (nSPS) is 46.7. The predicted octanol–water partition coefficient (Wildman–Crippen LogP) is 9.96. The van der Waals surface area contributed by atoms with E-state index in [0.29, 0.717) is 35.2 Å². The van der Waals surface area contributed by atoms with Gasteiger partial charge in [-0.3, -0.25) is 4.79 Å². The summed E-state index contributed by atoms with van der Waals surface area (Å²) >= 11 is 0. The number of allylic oxidation sites excluding steroid dienone is 2. The number of hydrogen-bond donors (Lipinski definition) is 0. The second kappa shape index (κ2) is 9.44. The van der Waals surface area contributed by atoms with Gasteiger partial charge in [0, 0.05) is 0 Å². The summed E-state index contributed by atoms with van der Waals surface area (Å²) in [6, 6.07) is 0. The largest absolute Gasteiger partial charge is 0.469 e. The Morgan fingerprint density at radius 1 is 0.925 bits per heavy atom. The van der Waals surface area contributed by atoms with E-state index in [1.54, 1.807) is 12.7 Å². The second-order valence-corrected chi connectivity index (χ2v) is 22.9. The lowest BCUT2D eigenvalue weighted by Crippen LogP contribution is -2.65.